The maximum Gasteiger partial charge on any atom is 0.244 e. The van der Waals surface area contributed by atoms with Gasteiger partial charge in [-0.15, -0.1) is 0 Å². The smallest absolute Gasteiger partial charge is 0.244 e. The maximum absolute atomic E-state index is 12.4. The highest BCUT2D eigenvalue weighted by Crippen LogP contribution is 2.20. The van der Waals surface area contributed by atoms with Gasteiger partial charge >= 0.3 is 0 Å². The van der Waals surface area contributed by atoms with E-state index in [1.54, 1.807) is 12.3 Å². The van der Waals surface area contributed by atoms with E-state index in [0.717, 1.165) is 22.2 Å². The van der Waals surface area contributed by atoms with E-state index in [1.807, 2.05) is 36.5 Å². The zero-order valence-electron chi connectivity index (χ0n) is 16.6. The van der Waals surface area contributed by atoms with Crippen LogP contribution in [0.15, 0.2) is 85.2 Å². The minimum absolute atomic E-state index is 0.130. The van der Waals surface area contributed by atoms with Gasteiger partial charge in [0.25, 0.3) is 0 Å². The summed E-state index contributed by atoms with van der Waals surface area (Å²) in [5.41, 5.74) is 11.1. The predicted molar refractivity (Wildman–Crippen MR) is 122 cm³/mol. The summed E-state index contributed by atoms with van der Waals surface area (Å²) in [6.07, 6.45) is 7.59. The highest BCUT2D eigenvalue weighted by atomic mass is 16.1. The second-order valence-corrected chi connectivity index (χ2v) is 7.19. The topological polar surface area (TPSA) is 83.8 Å². The van der Waals surface area contributed by atoms with E-state index < -0.39 is 0 Å². The minimum atomic E-state index is -0.162. The van der Waals surface area contributed by atoms with Crippen molar-refractivity contribution in [2.75, 3.05) is 6.54 Å². The molecule has 30 heavy (non-hydrogen) atoms. The number of nitrogens with two attached hydrogens (primary N) is 1. The van der Waals surface area contributed by atoms with Gasteiger partial charge in [-0.25, -0.2) is 4.98 Å². The average Bonchev–Trinajstić information content (AvgIpc) is 3.21. The molecule has 1 atom stereocenters. The Bertz CT molecular complexity index is 1150. The van der Waals surface area contributed by atoms with Crippen molar-refractivity contribution in [3.05, 3.63) is 96.3 Å². The Kier molecular flexibility index (Phi) is 6.01. The second-order valence-electron chi connectivity index (χ2n) is 7.19. The van der Waals surface area contributed by atoms with Crippen LogP contribution in [-0.2, 0) is 11.2 Å². The predicted octanol–water partition coefficient (Wildman–Crippen LogP) is 3.93. The summed E-state index contributed by atoms with van der Waals surface area (Å²) in [4.78, 5) is 19.7. The second kappa shape index (κ2) is 9.20. The summed E-state index contributed by atoms with van der Waals surface area (Å²) in [7, 11) is 0. The maximum atomic E-state index is 12.4. The van der Waals surface area contributed by atoms with Crippen LogP contribution in [0.3, 0.4) is 0 Å². The van der Waals surface area contributed by atoms with Crippen LogP contribution >= 0.6 is 0 Å². The third kappa shape index (κ3) is 4.64. The Hall–Kier alpha value is -3.70. The lowest BCUT2D eigenvalue weighted by molar-refractivity contribution is -0.117. The van der Waals surface area contributed by atoms with Crippen LogP contribution in [0, 0.1) is 0 Å². The summed E-state index contributed by atoms with van der Waals surface area (Å²) < 4.78 is 0. The first-order valence-electron chi connectivity index (χ1n) is 9.98. The van der Waals surface area contributed by atoms with Gasteiger partial charge in [0.2, 0.25) is 5.91 Å². The number of fused-ring (bicyclic) bond motifs is 1. The number of rotatable bonds is 7. The molecule has 5 heteroatoms. The Morgan fingerprint density at radius 2 is 1.80 bits per heavy atom. The zero-order chi connectivity index (χ0) is 20.8. The molecule has 0 bridgehead atoms. The number of carbonyl (C=O) groups is 1. The van der Waals surface area contributed by atoms with Gasteiger partial charge in [-0.1, -0.05) is 54.6 Å². The lowest BCUT2D eigenvalue weighted by atomic mass is 10.0. The molecule has 4 aromatic rings. The first kappa shape index (κ1) is 19.6. The standard InChI is InChI=1S/C25H24N4O/c26-16-22(15-18-8-10-20(11-9-18)19-5-2-1-3-6-19)29-24(30)13-12-21-17-28-25-23(21)7-4-14-27-25/h1-14,17,22H,15-16,26H2,(H,27,28)(H,29,30)/t22-/m0/s1. The number of aromatic amines is 1. The number of benzene rings is 2. The van der Waals surface area contributed by atoms with Crippen LogP contribution in [0.25, 0.3) is 28.2 Å². The van der Waals surface area contributed by atoms with Crippen molar-refractivity contribution in [1.82, 2.24) is 15.3 Å². The fourth-order valence-electron chi connectivity index (χ4n) is 3.47. The summed E-state index contributed by atoms with van der Waals surface area (Å²) in [5, 5.41) is 3.98. The molecule has 2 aromatic carbocycles. The Morgan fingerprint density at radius 3 is 2.57 bits per heavy atom. The molecule has 0 spiro atoms. The van der Waals surface area contributed by atoms with Crippen molar-refractivity contribution in [2.24, 2.45) is 5.73 Å². The summed E-state index contributed by atoms with van der Waals surface area (Å²) in [6, 6.07) is 22.4. The fraction of sp³-hybridized carbons (Fsp3) is 0.120. The van der Waals surface area contributed by atoms with Gasteiger partial charge in [0.05, 0.1) is 0 Å². The lowest BCUT2D eigenvalue weighted by Gasteiger charge is -2.16. The van der Waals surface area contributed by atoms with Crippen LogP contribution < -0.4 is 11.1 Å². The summed E-state index contributed by atoms with van der Waals surface area (Å²) in [5.74, 6) is -0.162. The van der Waals surface area contributed by atoms with Gasteiger partial charge in [0, 0.05) is 42.0 Å². The highest BCUT2D eigenvalue weighted by Gasteiger charge is 2.10. The van der Waals surface area contributed by atoms with Crippen LogP contribution in [0.2, 0.25) is 0 Å². The first-order chi connectivity index (χ1) is 14.7. The molecule has 0 radical (unpaired) electrons. The Labute approximate surface area is 175 Å². The molecular weight excluding hydrogens is 372 g/mol. The zero-order valence-corrected chi connectivity index (χ0v) is 16.6. The fourth-order valence-corrected chi connectivity index (χ4v) is 3.47. The van der Waals surface area contributed by atoms with Gasteiger partial charge < -0.3 is 16.0 Å². The van der Waals surface area contributed by atoms with Crippen molar-refractivity contribution in [3.8, 4) is 11.1 Å². The number of carbonyl (C=O) groups excluding carboxylic acids is 1. The van der Waals surface area contributed by atoms with Crippen LogP contribution in [-0.4, -0.2) is 28.5 Å². The van der Waals surface area contributed by atoms with Crippen molar-refractivity contribution in [1.29, 1.82) is 0 Å². The monoisotopic (exact) mass is 396 g/mol. The molecule has 0 unspecified atom stereocenters. The van der Waals surface area contributed by atoms with E-state index in [9.17, 15) is 4.79 Å². The third-order valence-corrected chi connectivity index (χ3v) is 5.07. The quantitative estimate of drug-likeness (QED) is 0.414. The van der Waals surface area contributed by atoms with E-state index in [4.69, 9.17) is 5.73 Å². The number of H-pyrrole nitrogens is 1. The molecule has 0 aliphatic carbocycles. The third-order valence-electron chi connectivity index (χ3n) is 5.07. The number of nitrogens with zero attached hydrogens (tertiary/aromatic N) is 1. The van der Waals surface area contributed by atoms with Gasteiger partial charge in [-0.05, 0) is 41.3 Å². The molecule has 2 aromatic heterocycles. The molecule has 2 heterocycles. The van der Waals surface area contributed by atoms with E-state index in [1.165, 1.54) is 17.2 Å². The molecule has 0 saturated heterocycles. The molecule has 4 N–H and O–H groups in total. The number of nitrogens with one attached hydrogen (secondary N) is 2. The van der Waals surface area contributed by atoms with Crippen LogP contribution in [0.4, 0.5) is 0 Å². The van der Waals surface area contributed by atoms with E-state index in [0.29, 0.717) is 13.0 Å². The lowest BCUT2D eigenvalue weighted by Crippen LogP contribution is -2.40. The van der Waals surface area contributed by atoms with Gasteiger partial charge in [0.1, 0.15) is 5.65 Å². The number of pyridine rings is 1. The van der Waals surface area contributed by atoms with Crippen molar-refractivity contribution in [2.45, 2.75) is 12.5 Å². The van der Waals surface area contributed by atoms with Crippen LogP contribution in [0.5, 0.6) is 0 Å². The molecule has 5 nitrogen and oxygen atoms in total. The molecule has 1 amide bonds. The van der Waals surface area contributed by atoms with Gasteiger partial charge in [-0.2, -0.15) is 0 Å². The normalized spacial score (nSPS) is 12.3. The minimum Gasteiger partial charge on any atom is -0.348 e. The molecule has 0 aliphatic rings. The molecule has 0 saturated carbocycles. The van der Waals surface area contributed by atoms with E-state index in [-0.39, 0.29) is 11.9 Å². The highest BCUT2D eigenvalue weighted by molar-refractivity contribution is 5.95. The molecule has 4 rings (SSSR count). The largest absolute Gasteiger partial charge is 0.348 e. The molecule has 0 aliphatic heterocycles. The van der Waals surface area contributed by atoms with E-state index >= 15 is 0 Å². The van der Waals surface area contributed by atoms with Gasteiger partial charge in [-0.3, -0.25) is 4.79 Å². The van der Waals surface area contributed by atoms with Crippen molar-refractivity contribution in [3.63, 3.8) is 0 Å². The Balaban J connectivity index is 1.37. The van der Waals surface area contributed by atoms with E-state index in [2.05, 4.69) is 51.7 Å². The number of hydrogen-bond acceptors (Lipinski definition) is 3. The number of hydrogen-bond donors (Lipinski definition) is 3. The average molecular weight is 396 g/mol. The SMILES string of the molecule is NC[C@H](Cc1ccc(-c2ccccc2)cc1)NC(=O)C=Cc1c[nH]c2ncccc12. The molecule has 150 valence electrons. The van der Waals surface area contributed by atoms with Gasteiger partial charge in [0.15, 0.2) is 0 Å². The van der Waals surface area contributed by atoms with Crippen molar-refractivity contribution >= 4 is 23.0 Å². The molecular formula is C25H24N4O. The number of aromatic nitrogens is 2. The van der Waals surface area contributed by atoms with Crippen molar-refractivity contribution < 1.29 is 4.79 Å². The Morgan fingerprint density at radius 1 is 1.03 bits per heavy atom. The first-order valence-corrected chi connectivity index (χ1v) is 9.98. The summed E-state index contributed by atoms with van der Waals surface area (Å²) >= 11 is 0. The van der Waals surface area contributed by atoms with Crippen LogP contribution in [0.1, 0.15) is 11.1 Å². The summed E-state index contributed by atoms with van der Waals surface area (Å²) in [6.45, 7) is 0.372. The number of amides is 1. The molecule has 0 fully saturated rings.